The average Bonchev–Trinajstić information content (AvgIpc) is 3.30. The largest absolute Gasteiger partial charge is 0.433 e. The number of carbonyl (C=O) groups excluding carboxylic acids is 1. The van der Waals surface area contributed by atoms with Crippen LogP contribution in [0.3, 0.4) is 0 Å². The van der Waals surface area contributed by atoms with Crippen LogP contribution in [0.5, 0.6) is 0 Å². The normalized spacial score (nSPS) is 14.3. The van der Waals surface area contributed by atoms with Crippen LogP contribution in [0.15, 0.2) is 36.7 Å². The van der Waals surface area contributed by atoms with Gasteiger partial charge in [0.25, 0.3) is 0 Å². The summed E-state index contributed by atoms with van der Waals surface area (Å²) in [5, 5.41) is 6.20. The molecule has 1 amide bonds. The van der Waals surface area contributed by atoms with Crippen molar-refractivity contribution in [1.82, 2.24) is 9.97 Å². The zero-order valence-electron chi connectivity index (χ0n) is 16.0. The molecule has 4 rings (SSSR count). The van der Waals surface area contributed by atoms with Crippen LogP contribution >= 0.6 is 11.3 Å². The number of nitrogens with two attached hydrogens (primary N) is 1. The highest BCUT2D eigenvalue weighted by molar-refractivity contribution is 7.18. The van der Waals surface area contributed by atoms with Crippen LogP contribution in [0, 0.1) is 5.82 Å². The number of anilines is 2. The number of nitrogens with zero attached hydrogens (tertiary/aromatic N) is 2. The summed E-state index contributed by atoms with van der Waals surface area (Å²) in [6.07, 6.45) is -1.24. The summed E-state index contributed by atoms with van der Waals surface area (Å²) >= 11 is 1.24. The number of pyridine rings is 1. The van der Waals surface area contributed by atoms with E-state index in [-0.39, 0.29) is 18.4 Å². The first kappa shape index (κ1) is 21.2. The fourth-order valence-corrected chi connectivity index (χ4v) is 4.06. The Bertz CT molecular complexity index is 1110. The monoisotopic (exact) mass is 451 g/mol. The van der Waals surface area contributed by atoms with Crippen molar-refractivity contribution in [3.05, 3.63) is 59.3 Å². The highest BCUT2D eigenvalue weighted by atomic mass is 32.1. The number of hydrogen-bond acceptors (Lipinski definition) is 6. The number of hydrogen-bond donors (Lipinski definition) is 3. The highest BCUT2D eigenvalue weighted by Crippen LogP contribution is 2.35. The van der Waals surface area contributed by atoms with Crippen LogP contribution in [0.4, 0.5) is 28.4 Å². The average molecular weight is 451 g/mol. The van der Waals surface area contributed by atoms with Crippen LogP contribution in [-0.4, -0.2) is 28.5 Å². The van der Waals surface area contributed by atoms with Crippen molar-refractivity contribution in [2.75, 3.05) is 17.2 Å². The number of benzene rings is 1. The third-order valence-electron chi connectivity index (χ3n) is 4.72. The first-order chi connectivity index (χ1) is 14.7. The van der Waals surface area contributed by atoms with Crippen LogP contribution in [0.25, 0.3) is 10.4 Å². The Labute approximate surface area is 178 Å². The molecule has 4 N–H and O–H groups in total. The van der Waals surface area contributed by atoms with E-state index in [1.165, 1.54) is 35.9 Å². The molecule has 11 heteroatoms. The molecule has 162 valence electrons. The second-order valence-corrected chi connectivity index (χ2v) is 8.17. The molecule has 1 aliphatic heterocycles. The summed E-state index contributed by atoms with van der Waals surface area (Å²) in [4.78, 5) is 19.7. The van der Waals surface area contributed by atoms with E-state index in [1.54, 1.807) is 6.07 Å². The molecule has 0 spiro atoms. The molecule has 0 fully saturated rings. The minimum absolute atomic E-state index is 0.171. The van der Waals surface area contributed by atoms with Gasteiger partial charge in [-0.05, 0) is 35.7 Å². The molecule has 0 saturated carbocycles. The number of carbonyl (C=O) groups is 1. The van der Waals surface area contributed by atoms with Crippen molar-refractivity contribution in [1.29, 1.82) is 0 Å². The van der Waals surface area contributed by atoms with Crippen molar-refractivity contribution in [2.45, 2.75) is 25.1 Å². The smallest absolute Gasteiger partial charge is 0.360 e. The molecule has 0 radical (unpaired) electrons. The van der Waals surface area contributed by atoms with E-state index in [0.717, 1.165) is 11.6 Å². The van der Waals surface area contributed by atoms with Crippen LogP contribution in [0.1, 0.15) is 16.8 Å². The van der Waals surface area contributed by atoms with Crippen molar-refractivity contribution >= 4 is 28.1 Å². The molecule has 1 aromatic carbocycles. The summed E-state index contributed by atoms with van der Waals surface area (Å²) < 4.78 is 52.2. The van der Waals surface area contributed by atoms with Crippen LogP contribution in [0.2, 0.25) is 0 Å². The second kappa shape index (κ2) is 8.23. The molecule has 1 aliphatic rings. The Morgan fingerprint density at radius 1 is 1.23 bits per heavy atom. The van der Waals surface area contributed by atoms with Gasteiger partial charge in [-0.2, -0.15) is 13.2 Å². The summed E-state index contributed by atoms with van der Waals surface area (Å²) in [5.74, 6) is -0.627. The number of aromatic nitrogens is 2. The van der Waals surface area contributed by atoms with Crippen molar-refractivity contribution in [3.63, 3.8) is 0 Å². The highest BCUT2D eigenvalue weighted by Gasteiger charge is 2.32. The van der Waals surface area contributed by atoms with Crippen molar-refractivity contribution in [2.24, 2.45) is 5.73 Å². The molecular formula is C20H17F4N5OS. The second-order valence-electron chi connectivity index (χ2n) is 7.14. The maximum Gasteiger partial charge on any atom is 0.433 e. The molecule has 3 aromatic rings. The SMILES string of the molecule is N[C@H](CNc1ncc(-c2cc3c(cc2F)NC(=O)C3)s1)Cc1ccc(C(F)(F)F)nc1. The maximum absolute atomic E-state index is 14.4. The molecule has 0 saturated heterocycles. The Kier molecular flexibility index (Phi) is 5.63. The maximum atomic E-state index is 14.4. The van der Waals surface area contributed by atoms with Crippen molar-refractivity contribution in [3.8, 4) is 10.4 Å². The molecule has 0 unspecified atom stereocenters. The van der Waals surface area contributed by atoms with E-state index in [9.17, 15) is 22.4 Å². The van der Waals surface area contributed by atoms with Gasteiger partial charge in [-0.3, -0.25) is 9.78 Å². The number of thiazole rings is 1. The number of amides is 1. The zero-order chi connectivity index (χ0) is 22.2. The van der Waals surface area contributed by atoms with Gasteiger partial charge in [-0.15, -0.1) is 0 Å². The van der Waals surface area contributed by atoms with Gasteiger partial charge in [0.2, 0.25) is 5.91 Å². The van der Waals surface area contributed by atoms with Gasteiger partial charge in [0.15, 0.2) is 5.13 Å². The molecule has 31 heavy (non-hydrogen) atoms. The predicted molar refractivity (Wildman–Crippen MR) is 109 cm³/mol. The minimum atomic E-state index is -4.48. The summed E-state index contributed by atoms with van der Waals surface area (Å²) in [5.41, 5.74) is 7.28. The van der Waals surface area contributed by atoms with E-state index in [4.69, 9.17) is 5.73 Å². The van der Waals surface area contributed by atoms with Gasteiger partial charge in [0, 0.05) is 36.2 Å². The van der Waals surface area contributed by atoms with Gasteiger partial charge in [-0.25, -0.2) is 9.37 Å². The number of fused-ring (bicyclic) bond motifs is 1. The number of halogens is 4. The molecule has 2 aromatic heterocycles. The molecule has 0 bridgehead atoms. The number of rotatable bonds is 6. The minimum Gasteiger partial charge on any atom is -0.360 e. The third kappa shape index (κ3) is 4.83. The standard InChI is InChI=1S/C20H17F4N5OS/c21-14-6-15-11(5-18(30)29-15)4-13(14)16-9-28-19(31-16)27-8-12(25)3-10-1-2-17(26-7-10)20(22,23)24/h1-2,4,6-7,9,12H,3,5,8,25H2,(H,27,28)(H,29,30)/t12-/m0/s1. The molecule has 1 atom stereocenters. The molecular weight excluding hydrogens is 434 g/mol. The lowest BCUT2D eigenvalue weighted by atomic mass is 10.1. The summed E-state index contributed by atoms with van der Waals surface area (Å²) in [6.45, 7) is 0.319. The van der Waals surface area contributed by atoms with Gasteiger partial charge in [-0.1, -0.05) is 17.4 Å². The first-order valence-electron chi connectivity index (χ1n) is 9.29. The van der Waals surface area contributed by atoms with Gasteiger partial charge in [0.1, 0.15) is 11.5 Å². The third-order valence-corrected chi connectivity index (χ3v) is 5.71. The fraction of sp³-hybridized carbons (Fsp3) is 0.250. The van der Waals surface area contributed by atoms with Crippen LogP contribution < -0.4 is 16.4 Å². The van der Waals surface area contributed by atoms with Crippen LogP contribution in [-0.2, 0) is 23.8 Å². The zero-order valence-corrected chi connectivity index (χ0v) is 16.8. The predicted octanol–water partition coefficient (Wildman–Crippen LogP) is 3.84. The van der Waals surface area contributed by atoms with Gasteiger partial charge in [0.05, 0.1) is 11.3 Å². The van der Waals surface area contributed by atoms with E-state index in [0.29, 0.717) is 39.8 Å². The Balaban J connectivity index is 1.36. The van der Waals surface area contributed by atoms with Crippen molar-refractivity contribution < 1.29 is 22.4 Å². The molecule has 3 heterocycles. The Hall–Kier alpha value is -3.05. The number of nitrogens with one attached hydrogen (secondary N) is 2. The lowest BCUT2D eigenvalue weighted by molar-refractivity contribution is -0.141. The lowest BCUT2D eigenvalue weighted by Gasteiger charge is -2.13. The van der Waals surface area contributed by atoms with E-state index >= 15 is 0 Å². The van der Waals surface area contributed by atoms with E-state index in [1.807, 2.05) is 0 Å². The van der Waals surface area contributed by atoms with E-state index < -0.39 is 17.7 Å². The fourth-order valence-electron chi connectivity index (χ4n) is 3.22. The Morgan fingerprint density at radius 3 is 2.74 bits per heavy atom. The Morgan fingerprint density at radius 2 is 2.03 bits per heavy atom. The van der Waals surface area contributed by atoms with Gasteiger partial charge < -0.3 is 16.4 Å². The number of alkyl halides is 3. The molecule has 0 aliphatic carbocycles. The lowest BCUT2D eigenvalue weighted by Crippen LogP contribution is -2.31. The van der Waals surface area contributed by atoms with E-state index in [2.05, 4.69) is 20.6 Å². The quantitative estimate of drug-likeness (QED) is 0.496. The summed E-state index contributed by atoms with van der Waals surface area (Å²) in [7, 11) is 0. The first-order valence-corrected chi connectivity index (χ1v) is 10.1. The topological polar surface area (TPSA) is 92.9 Å². The summed E-state index contributed by atoms with van der Waals surface area (Å²) in [6, 6.07) is 4.84. The van der Waals surface area contributed by atoms with Gasteiger partial charge >= 0.3 is 6.18 Å². The molecule has 6 nitrogen and oxygen atoms in total.